The molecule has 4 heteroatoms. The number of hydrogen-bond donors (Lipinski definition) is 1. The Bertz CT molecular complexity index is 596. The largest absolute Gasteiger partial charge is 0.481 e. The van der Waals surface area contributed by atoms with Gasteiger partial charge in [-0.3, -0.25) is 4.79 Å². The average molecular weight is 265 g/mol. The molecule has 0 saturated carbocycles. The fourth-order valence-corrected chi connectivity index (χ4v) is 1.92. The summed E-state index contributed by atoms with van der Waals surface area (Å²) in [5, 5.41) is 9.15. The zero-order valence-corrected chi connectivity index (χ0v) is 10.1. The van der Waals surface area contributed by atoms with Gasteiger partial charge in [-0.15, -0.1) is 0 Å². The monoisotopic (exact) mass is 264 g/mol. The van der Waals surface area contributed by atoms with Gasteiger partial charge in [0.05, 0.1) is 6.42 Å². The molecule has 0 radical (unpaired) electrons. The van der Waals surface area contributed by atoms with E-state index in [0.29, 0.717) is 21.7 Å². The van der Waals surface area contributed by atoms with Crippen LogP contribution in [0.1, 0.15) is 5.56 Å². The Morgan fingerprint density at radius 2 is 1.94 bits per heavy atom. The van der Waals surface area contributed by atoms with Crippen molar-refractivity contribution in [1.82, 2.24) is 0 Å². The third-order valence-electron chi connectivity index (χ3n) is 2.57. The summed E-state index contributed by atoms with van der Waals surface area (Å²) in [5.41, 5.74) is 1.53. The summed E-state index contributed by atoms with van der Waals surface area (Å²) in [6.45, 7) is 0. The quantitative estimate of drug-likeness (QED) is 0.916. The lowest BCUT2D eigenvalue weighted by Gasteiger charge is -2.07. The molecule has 0 aliphatic carbocycles. The van der Waals surface area contributed by atoms with Crippen molar-refractivity contribution >= 4 is 17.6 Å². The second-order valence-electron chi connectivity index (χ2n) is 3.86. The van der Waals surface area contributed by atoms with Crippen LogP contribution in [-0.4, -0.2) is 11.1 Å². The highest BCUT2D eigenvalue weighted by atomic mass is 35.5. The topological polar surface area (TPSA) is 37.3 Å². The third-order valence-corrected chi connectivity index (χ3v) is 2.94. The smallest absolute Gasteiger partial charge is 0.307 e. The van der Waals surface area contributed by atoms with Crippen molar-refractivity contribution in [2.75, 3.05) is 0 Å². The molecule has 1 N–H and O–H groups in total. The summed E-state index contributed by atoms with van der Waals surface area (Å²) in [4.78, 5) is 10.7. The van der Waals surface area contributed by atoms with Crippen molar-refractivity contribution in [3.8, 4) is 11.1 Å². The SMILES string of the molecule is O=C(O)Cc1cc(-c2ccccc2F)ccc1Cl. The number of carboxylic acids is 1. The number of aliphatic carboxylic acids is 1. The summed E-state index contributed by atoms with van der Waals surface area (Å²) >= 11 is 5.91. The highest BCUT2D eigenvalue weighted by Gasteiger charge is 2.09. The molecule has 2 nitrogen and oxygen atoms in total. The van der Waals surface area contributed by atoms with Crippen LogP contribution < -0.4 is 0 Å². The predicted octanol–water partition coefficient (Wildman–Crippen LogP) is 3.77. The molecule has 2 aromatic rings. The first kappa shape index (κ1) is 12.6. The minimum Gasteiger partial charge on any atom is -0.481 e. The van der Waals surface area contributed by atoms with Gasteiger partial charge in [-0.1, -0.05) is 35.9 Å². The molecule has 0 unspecified atom stereocenters. The highest BCUT2D eigenvalue weighted by molar-refractivity contribution is 6.31. The molecule has 0 aliphatic rings. The Labute approximate surface area is 109 Å². The van der Waals surface area contributed by atoms with E-state index >= 15 is 0 Å². The Hall–Kier alpha value is -1.87. The van der Waals surface area contributed by atoms with E-state index in [4.69, 9.17) is 16.7 Å². The summed E-state index contributed by atoms with van der Waals surface area (Å²) < 4.78 is 13.6. The molecular formula is C14H10ClFO2. The number of benzene rings is 2. The van der Waals surface area contributed by atoms with E-state index in [2.05, 4.69) is 0 Å². The Balaban J connectivity index is 2.47. The van der Waals surface area contributed by atoms with E-state index in [1.54, 1.807) is 36.4 Å². The molecule has 18 heavy (non-hydrogen) atoms. The van der Waals surface area contributed by atoms with Crippen LogP contribution in [0.15, 0.2) is 42.5 Å². The maximum absolute atomic E-state index is 13.6. The lowest BCUT2D eigenvalue weighted by Crippen LogP contribution is -2.01. The van der Waals surface area contributed by atoms with Crippen molar-refractivity contribution in [2.24, 2.45) is 0 Å². The maximum atomic E-state index is 13.6. The number of rotatable bonds is 3. The van der Waals surface area contributed by atoms with Gasteiger partial charge in [0, 0.05) is 10.6 Å². The zero-order chi connectivity index (χ0) is 13.1. The summed E-state index contributed by atoms with van der Waals surface area (Å²) in [5.74, 6) is -1.32. The van der Waals surface area contributed by atoms with Crippen LogP contribution >= 0.6 is 11.6 Å². The number of halogens is 2. The third kappa shape index (κ3) is 2.68. The normalized spacial score (nSPS) is 10.3. The minimum absolute atomic E-state index is 0.179. The van der Waals surface area contributed by atoms with Gasteiger partial charge in [0.25, 0.3) is 0 Å². The van der Waals surface area contributed by atoms with E-state index in [0.717, 1.165) is 0 Å². The first-order chi connectivity index (χ1) is 8.58. The molecule has 0 aromatic heterocycles. The second kappa shape index (κ2) is 5.19. The lowest BCUT2D eigenvalue weighted by molar-refractivity contribution is -0.136. The van der Waals surface area contributed by atoms with Gasteiger partial charge in [-0.05, 0) is 29.3 Å². The van der Waals surface area contributed by atoms with Gasteiger partial charge in [-0.2, -0.15) is 0 Å². The molecule has 2 aromatic carbocycles. The number of hydrogen-bond acceptors (Lipinski definition) is 1. The fourth-order valence-electron chi connectivity index (χ4n) is 1.74. The van der Waals surface area contributed by atoms with E-state index < -0.39 is 5.97 Å². The van der Waals surface area contributed by atoms with Crippen LogP contribution in [0.3, 0.4) is 0 Å². The molecule has 2 rings (SSSR count). The Kier molecular flexibility index (Phi) is 3.63. The molecule has 0 fully saturated rings. The zero-order valence-electron chi connectivity index (χ0n) is 9.36. The molecule has 0 amide bonds. The van der Waals surface area contributed by atoms with Gasteiger partial charge in [0.15, 0.2) is 0 Å². The van der Waals surface area contributed by atoms with Crippen LogP contribution in [0.2, 0.25) is 5.02 Å². The first-order valence-electron chi connectivity index (χ1n) is 5.33. The standard InChI is InChI=1S/C14H10ClFO2/c15-12-6-5-9(7-10(12)8-14(17)18)11-3-1-2-4-13(11)16/h1-7H,8H2,(H,17,18). The Morgan fingerprint density at radius 3 is 2.61 bits per heavy atom. The lowest BCUT2D eigenvalue weighted by atomic mass is 10.0. The molecule has 92 valence electrons. The maximum Gasteiger partial charge on any atom is 0.307 e. The van der Waals surface area contributed by atoms with Crippen LogP contribution in [-0.2, 0) is 11.2 Å². The molecule has 0 heterocycles. The van der Waals surface area contributed by atoms with Crippen LogP contribution in [0.4, 0.5) is 4.39 Å². The van der Waals surface area contributed by atoms with Gasteiger partial charge in [-0.25, -0.2) is 4.39 Å². The van der Waals surface area contributed by atoms with Crippen molar-refractivity contribution in [3.05, 3.63) is 58.9 Å². The second-order valence-corrected chi connectivity index (χ2v) is 4.26. The van der Waals surface area contributed by atoms with Crippen molar-refractivity contribution in [1.29, 1.82) is 0 Å². The fraction of sp³-hybridized carbons (Fsp3) is 0.0714. The van der Waals surface area contributed by atoms with E-state index in [1.165, 1.54) is 6.07 Å². The van der Waals surface area contributed by atoms with E-state index in [9.17, 15) is 9.18 Å². The van der Waals surface area contributed by atoms with Crippen molar-refractivity contribution in [2.45, 2.75) is 6.42 Å². The summed E-state index contributed by atoms with van der Waals surface area (Å²) in [6, 6.07) is 11.2. The van der Waals surface area contributed by atoms with Gasteiger partial charge >= 0.3 is 5.97 Å². The first-order valence-corrected chi connectivity index (χ1v) is 5.71. The van der Waals surface area contributed by atoms with Gasteiger partial charge < -0.3 is 5.11 Å². The van der Waals surface area contributed by atoms with Crippen LogP contribution in [0, 0.1) is 5.82 Å². The van der Waals surface area contributed by atoms with Gasteiger partial charge in [0.2, 0.25) is 0 Å². The molecule has 0 aliphatic heterocycles. The van der Waals surface area contributed by atoms with E-state index in [1.807, 2.05) is 0 Å². The Morgan fingerprint density at radius 1 is 1.22 bits per heavy atom. The summed E-state index contributed by atoms with van der Waals surface area (Å²) in [7, 11) is 0. The number of carboxylic acid groups (broad SMARTS) is 1. The molecule has 0 spiro atoms. The van der Waals surface area contributed by atoms with Crippen molar-refractivity contribution in [3.63, 3.8) is 0 Å². The summed E-state index contributed by atoms with van der Waals surface area (Å²) in [6.07, 6.45) is -0.179. The van der Waals surface area contributed by atoms with E-state index in [-0.39, 0.29) is 12.2 Å². The van der Waals surface area contributed by atoms with Gasteiger partial charge in [0.1, 0.15) is 5.82 Å². The van der Waals surface area contributed by atoms with Crippen LogP contribution in [0.25, 0.3) is 11.1 Å². The molecule has 0 bridgehead atoms. The molecule has 0 saturated heterocycles. The molecular weight excluding hydrogens is 255 g/mol. The van der Waals surface area contributed by atoms with Crippen molar-refractivity contribution < 1.29 is 14.3 Å². The minimum atomic E-state index is -0.970. The van der Waals surface area contributed by atoms with Crippen LogP contribution in [0.5, 0.6) is 0 Å². The average Bonchev–Trinajstić information content (AvgIpc) is 2.32. The predicted molar refractivity (Wildman–Crippen MR) is 68.2 cm³/mol. The highest BCUT2D eigenvalue weighted by Crippen LogP contribution is 2.27. The number of carbonyl (C=O) groups is 1. The molecule has 0 atom stereocenters.